The molecule has 3 rings (SSSR count). The molecule has 0 saturated carbocycles. The maximum atomic E-state index is 13.3. The Labute approximate surface area is 198 Å². The third kappa shape index (κ3) is 5.50. The first-order chi connectivity index (χ1) is 15.5. The summed E-state index contributed by atoms with van der Waals surface area (Å²) in [6.45, 7) is 3.81. The number of carbonyl (C=O) groups is 2. The van der Waals surface area contributed by atoms with Gasteiger partial charge in [0.1, 0.15) is 0 Å². The van der Waals surface area contributed by atoms with Crippen LogP contribution in [0.3, 0.4) is 0 Å². The van der Waals surface area contributed by atoms with Crippen molar-refractivity contribution in [3.8, 4) is 0 Å². The highest BCUT2D eigenvalue weighted by Crippen LogP contribution is 2.28. The quantitative estimate of drug-likeness (QED) is 0.348. The largest absolute Gasteiger partial charge is 0.445 e. The van der Waals surface area contributed by atoms with Gasteiger partial charge in [-0.1, -0.05) is 71.3 Å². The second kappa shape index (κ2) is 9.87. The number of ketones is 1. The Morgan fingerprint density at radius 3 is 1.97 bits per heavy atom. The van der Waals surface area contributed by atoms with Crippen LogP contribution in [0.4, 0.5) is 0 Å². The predicted molar refractivity (Wildman–Crippen MR) is 127 cm³/mol. The fourth-order valence-electron chi connectivity index (χ4n) is 3.09. The second-order valence-electron chi connectivity index (χ2n) is 7.86. The molecule has 0 spiro atoms. The monoisotopic (exact) mass is 485 g/mol. The van der Waals surface area contributed by atoms with E-state index >= 15 is 0 Å². The number of hydrogen-bond acceptors (Lipinski definition) is 5. The molecule has 0 fully saturated rings. The third-order valence-corrected chi connectivity index (χ3v) is 7.26. The predicted octanol–water partition coefficient (Wildman–Crippen LogP) is 4.99. The van der Waals surface area contributed by atoms with Crippen molar-refractivity contribution in [2.75, 3.05) is 14.1 Å². The molecule has 172 valence electrons. The number of sulfonamides is 1. The summed E-state index contributed by atoms with van der Waals surface area (Å²) in [5.74, 6) is -1.30. The summed E-state index contributed by atoms with van der Waals surface area (Å²) in [5.41, 5.74) is 2.70. The summed E-state index contributed by atoms with van der Waals surface area (Å²) in [4.78, 5) is 26.3. The van der Waals surface area contributed by atoms with Crippen LogP contribution in [0.2, 0.25) is 5.02 Å². The highest BCUT2D eigenvalue weighted by atomic mass is 35.5. The number of rotatable bonds is 7. The summed E-state index contributed by atoms with van der Waals surface area (Å²) >= 11 is 6.19. The van der Waals surface area contributed by atoms with Crippen molar-refractivity contribution in [2.45, 2.75) is 24.8 Å². The minimum atomic E-state index is -3.80. The van der Waals surface area contributed by atoms with Crippen molar-refractivity contribution in [1.82, 2.24) is 4.31 Å². The van der Waals surface area contributed by atoms with Crippen molar-refractivity contribution in [2.24, 2.45) is 0 Å². The van der Waals surface area contributed by atoms with Crippen LogP contribution < -0.4 is 0 Å². The van der Waals surface area contributed by atoms with E-state index < -0.39 is 27.9 Å². The minimum Gasteiger partial charge on any atom is -0.445 e. The van der Waals surface area contributed by atoms with Crippen LogP contribution in [0.25, 0.3) is 0 Å². The second-order valence-corrected chi connectivity index (χ2v) is 10.4. The number of hydrogen-bond donors (Lipinski definition) is 0. The van der Waals surface area contributed by atoms with Crippen LogP contribution in [0, 0.1) is 13.8 Å². The molecule has 0 aliphatic carbocycles. The van der Waals surface area contributed by atoms with Crippen LogP contribution in [-0.4, -0.2) is 38.6 Å². The van der Waals surface area contributed by atoms with Gasteiger partial charge in [-0.2, -0.15) is 0 Å². The molecule has 0 amide bonds. The fourth-order valence-corrected chi connectivity index (χ4v) is 4.21. The van der Waals surface area contributed by atoms with E-state index in [2.05, 4.69) is 0 Å². The first-order valence-electron chi connectivity index (χ1n) is 10.1. The Morgan fingerprint density at radius 2 is 1.42 bits per heavy atom. The smallest absolute Gasteiger partial charge is 0.340 e. The van der Waals surface area contributed by atoms with Crippen LogP contribution in [0.5, 0.6) is 0 Å². The van der Waals surface area contributed by atoms with E-state index in [-0.39, 0.29) is 15.5 Å². The van der Waals surface area contributed by atoms with Crippen LogP contribution in [0.1, 0.15) is 43.5 Å². The average molecular weight is 486 g/mol. The molecule has 0 bridgehead atoms. The summed E-state index contributed by atoms with van der Waals surface area (Å²) in [5, 5.41) is 0.0168. The fraction of sp³-hybridized carbons (Fsp3) is 0.200. The summed E-state index contributed by atoms with van der Waals surface area (Å²) < 4.78 is 31.6. The zero-order valence-corrected chi connectivity index (χ0v) is 20.3. The average Bonchev–Trinajstić information content (AvgIpc) is 2.78. The number of carbonyl (C=O) groups excluding carboxylic acids is 2. The lowest BCUT2D eigenvalue weighted by molar-refractivity contribution is 0.0280. The van der Waals surface area contributed by atoms with Gasteiger partial charge in [-0.3, -0.25) is 4.79 Å². The maximum Gasteiger partial charge on any atom is 0.340 e. The molecule has 0 heterocycles. The molecule has 6 nitrogen and oxygen atoms in total. The van der Waals surface area contributed by atoms with Gasteiger partial charge in [0.05, 0.1) is 15.5 Å². The van der Waals surface area contributed by atoms with Crippen LogP contribution in [-0.2, 0) is 14.8 Å². The zero-order valence-electron chi connectivity index (χ0n) is 18.7. The van der Waals surface area contributed by atoms with Gasteiger partial charge in [-0.15, -0.1) is 0 Å². The lowest BCUT2D eigenvalue weighted by atomic mass is 9.98. The molecular weight excluding hydrogens is 462 g/mol. The van der Waals surface area contributed by atoms with Crippen molar-refractivity contribution >= 4 is 33.4 Å². The number of aryl methyl sites for hydroxylation is 2. The molecule has 8 heteroatoms. The number of esters is 1. The number of ether oxygens (including phenoxy) is 1. The van der Waals surface area contributed by atoms with Crippen molar-refractivity contribution in [3.63, 3.8) is 0 Å². The number of Topliss-reactive ketones (excluding diaryl/α,β-unsaturated/α-hetero) is 1. The highest BCUT2D eigenvalue weighted by Gasteiger charge is 2.29. The molecule has 0 aromatic heterocycles. The summed E-state index contributed by atoms with van der Waals surface area (Å²) in [7, 11) is -1.03. The molecule has 1 atom stereocenters. The molecule has 0 aliphatic heterocycles. The van der Waals surface area contributed by atoms with E-state index in [0.29, 0.717) is 11.1 Å². The molecule has 0 aliphatic rings. The number of halogens is 1. The molecule has 0 N–H and O–H groups in total. The number of nitrogens with zero attached hydrogens (tertiary/aromatic N) is 1. The van der Waals surface area contributed by atoms with Gasteiger partial charge in [-0.25, -0.2) is 17.5 Å². The van der Waals surface area contributed by atoms with Gasteiger partial charge in [0.15, 0.2) is 6.10 Å². The standard InChI is InChI=1S/C25H24ClNO5S/c1-16-5-9-18(10-6-16)23(28)24(19-11-7-17(2)8-12-19)32-25(29)21-15-20(13-14-22(21)26)33(30,31)27(3)4/h5-15,24H,1-4H3. The highest BCUT2D eigenvalue weighted by molar-refractivity contribution is 7.89. The van der Waals surface area contributed by atoms with E-state index in [9.17, 15) is 18.0 Å². The van der Waals surface area contributed by atoms with Gasteiger partial charge in [0.2, 0.25) is 15.8 Å². The zero-order chi connectivity index (χ0) is 24.3. The van der Waals surface area contributed by atoms with Gasteiger partial charge in [0.25, 0.3) is 0 Å². The van der Waals surface area contributed by atoms with Crippen molar-refractivity contribution < 1.29 is 22.7 Å². The third-order valence-electron chi connectivity index (χ3n) is 5.12. The Morgan fingerprint density at radius 1 is 0.879 bits per heavy atom. The van der Waals surface area contributed by atoms with Gasteiger partial charge >= 0.3 is 5.97 Å². The topological polar surface area (TPSA) is 80.8 Å². The Balaban J connectivity index is 2.01. The summed E-state index contributed by atoms with van der Waals surface area (Å²) in [6.07, 6.45) is -1.23. The maximum absolute atomic E-state index is 13.3. The van der Waals surface area contributed by atoms with E-state index in [4.69, 9.17) is 16.3 Å². The minimum absolute atomic E-state index is 0.0168. The lowest BCUT2D eigenvalue weighted by Crippen LogP contribution is -2.23. The van der Waals surface area contributed by atoms with Crippen LogP contribution in [0.15, 0.2) is 71.6 Å². The molecule has 3 aromatic carbocycles. The van der Waals surface area contributed by atoms with Crippen molar-refractivity contribution in [3.05, 3.63) is 99.6 Å². The molecule has 1 unspecified atom stereocenters. The SMILES string of the molecule is Cc1ccc(C(=O)C(OC(=O)c2cc(S(=O)(=O)N(C)C)ccc2Cl)c2ccc(C)cc2)cc1. The van der Waals surface area contributed by atoms with Gasteiger partial charge in [0, 0.05) is 25.2 Å². The van der Waals surface area contributed by atoms with E-state index in [1.54, 1.807) is 36.4 Å². The summed E-state index contributed by atoms with van der Waals surface area (Å²) in [6, 6.07) is 17.8. The Bertz CT molecular complexity index is 1280. The van der Waals surface area contributed by atoms with Crippen molar-refractivity contribution in [1.29, 1.82) is 0 Å². The lowest BCUT2D eigenvalue weighted by Gasteiger charge is -2.19. The Hall–Kier alpha value is -3.00. The number of benzene rings is 3. The van der Waals surface area contributed by atoms with E-state index in [1.807, 2.05) is 26.0 Å². The Kier molecular flexibility index (Phi) is 7.37. The normalized spacial score (nSPS) is 12.4. The first kappa shape index (κ1) is 24.6. The van der Waals surface area contributed by atoms with Gasteiger partial charge < -0.3 is 4.74 Å². The molecule has 33 heavy (non-hydrogen) atoms. The van der Waals surface area contributed by atoms with E-state index in [1.165, 1.54) is 26.2 Å². The van der Waals surface area contributed by atoms with E-state index in [0.717, 1.165) is 21.5 Å². The molecule has 0 saturated heterocycles. The first-order valence-corrected chi connectivity index (χ1v) is 11.9. The molecule has 3 aromatic rings. The van der Waals surface area contributed by atoms with Crippen LogP contribution >= 0.6 is 11.6 Å². The molecule has 0 radical (unpaired) electrons. The van der Waals surface area contributed by atoms with Gasteiger partial charge in [-0.05, 0) is 32.0 Å². The molecular formula is C25H24ClNO5S.